The molecule has 1 aromatic rings. The van der Waals surface area contributed by atoms with Gasteiger partial charge in [-0.2, -0.15) is 0 Å². The topological polar surface area (TPSA) is 82.0 Å². The zero-order valence-electron chi connectivity index (χ0n) is 7.53. The second-order valence-electron chi connectivity index (χ2n) is 2.91. The third-order valence-corrected chi connectivity index (χ3v) is 1.98. The number of rotatable bonds is 3. The predicted molar refractivity (Wildman–Crippen MR) is 49.7 cm³/mol. The summed E-state index contributed by atoms with van der Waals surface area (Å²) in [6.45, 7) is 2.16. The van der Waals surface area contributed by atoms with Crippen LogP contribution < -0.4 is 11.5 Å². The number of hydrogen-bond donors (Lipinski definition) is 2. The van der Waals surface area contributed by atoms with Crippen molar-refractivity contribution in [2.24, 2.45) is 11.5 Å². The molecule has 0 saturated heterocycles. The van der Waals surface area contributed by atoms with E-state index in [1.165, 1.54) is 0 Å². The van der Waals surface area contributed by atoms with E-state index in [4.69, 9.17) is 11.5 Å². The average Bonchev–Trinajstić information content (AvgIpc) is 2.17. The molecule has 70 valence electrons. The molecule has 13 heavy (non-hydrogen) atoms. The van der Waals surface area contributed by atoms with Gasteiger partial charge in [-0.25, -0.2) is 0 Å². The quantitative estimate of drug-likeness (QED) is 0.691. The van der Waals surface area contributed by atoms with Gasteiger partial charge in [0.1, 0.15) is 0 Å². The van der Waals surface area contributed by atoms with Gasteiger partial charge < -0.3 is 11.5 Å². The molecule has 1 atom stereocenters. The molecule has 0 aliphatic carbocycles. The van der Waals surface area contributed by atoms with Crippen LogP contribution in [0.4, 0.5) is 0 Å². The van der Waals surface area contributed by atoms with E-state index >= 15 is 0 Å². The Balaban J connectivity index is 2.85. The number of hydrogen-bond acceptors (Lipinski definition) is 3. The lowest BCUT2D eigenvalue weighted by Crippen LogP contribution is -2.18. The number of nitrogens with two attached hydrogens (primary N) is 2. The molecule has 0 spiro atoms. The van der Waals surface area contributed by atoms with Gasteiger partial charge in [-0.15, -0.1) is 0 Å². The first-order valence-electron chi connectivity index (χ1n) is 4.09. The summed E-state index contributed by atoms with van der Waals surface area (Å²) < 4.78 is 0. The summed E-state index contributed by atoms with van der Waals surface area (Å²) >= 11 is 0. The molecule has 1 aromatic heterocycles. The zero-order valence-corrected chi connectivity index (χ0v) is 7.53. The minimum atomic E-state index is -0.345. The largest absolute Gasteiger partial charge is 0.369 e. The molecule has 4 N–H and O–H groups in total. The molecule has 4 nitrogen and oxygen atoms in total. The summed E-state index contributed by atoms with van der Waals surface area (Å²) in [5.41, 5.74) is 12.2. The van der Waals surface area contributed by atoms with Crippen molar-refractivity contribution in [1.82, 2.24) is 4.98 Å². The molecule has 1 amide bonds. The summed E-state index contributed by atoms with van der Waals surface area (Å²) in [5.74, 6) is -0.637. The molecule has 1 unspecified atom stereocenters. The maximum atomic E-state index is 10.8. The van der Waals surface area contributed by atoms with Gasteiger partial charge in [-0.1, -0.05) is 6.07 Å². The maximum absolute atomic E-state index is 10.8. The van der Waals surface area contributed by atoms with E-state index in [9.17, 15) is 4.79 Å². The van der Waals surface area contributed by atoms with E-state index < -0.39 is 0 Å². The summed E-state index contributed by atoms with van der Waals surface area (Å²) in [6.07, 6.45) is 1.64. The normalized spacial score (nSPS) is 12.5. The molecule has 0 aliphatic rings. The second kappa shape index (κ2) is 4.00. The summed E-state index contributed by atoms with van der Waals surface area (Å²) in [4.78, 5) is 14.9. The Morgan fingerprint density at radius 2 is 2.31 bits per heavy atom. The number of nitrogens with zero attached hydrogens (tertiary/aromatic N) is 1. The number of pyridine rings is 1. The van der Waals surface area contributed by atoms with Crippen molar-refractivity contribution in [3.63, 3.8) is 0 Å². The standard InChI is InChI=1S/C9H13N3O/c1-6(9(11)13)7-2-3-8(4-10)12-5-7/h2-3,5-6H,4,10H2,1H3,(H2,11,13). The van der Waals surface area contributed by atoms with E-state index in [0.717, 1.165) is 11.3 Å². The van der Waals surface area contributed by atoms with Gasteiger partial charge in [0.15, 0.2) is 0 Å². The van der Waals surface area contributed by atoms with Crippen molar-refractivity contribution in [1.29, 1.82) is 0 Å². The highest BCUT2D eigenvalue weighted by atomic mass is 16.1. The number of carbonyl (C=O) groups excluding carboxylic acids is 1. The van der Waals surface area contributed by atoms with Gasteiger partial charge in [0.25, 0.3) is 0 Å². The highest BCUT2D eigenvalue weighted by molar-refractivity contribution is 5.81. The minimum Gasteiger partial charge on any atom is -0.369 e. The first-order chi connectivity index (χ1) is 6.15. The molecule has 0 bridgehead atoms. The SMILES string of the molecule is CC(C(N)=O)c1ccc(CN)nc1. The fourth-order valence-corrected chi connectivity index (χ4v) is 0.977. The van der Waals surface area contributed by atoms with E-state index in [0.29, 0.717) is 6.54 Å². The van der Waals surface area contributed by atoms with Gasteiger partial charge in [-0.05, 0) is 18.6 Å². The zero-order chi connectivity index (χ0) is 9.84. The highest BCUT2D eigenvalue weighted by Crippen LogP contribution is 2.12. The third-order valence-electron chi connectivity index (χ3n) is 1.98. The van der Waals surface area contributed by atoms with Crippen LogP contribution in [0.2, 0.25) is 0 Å². The van der Waals surface area contributed by atoms with Gasteiger partial charge in [-0.3, -0.25) is 9.78 Å². The predicted octanol–water partition coefficient (Wildman–Crippen LogP) is 0.129. The fourth-order valence-electron chi connectivity index (χ4n) is 0.977. The van der Waals surface area contributed by atoms with Crippen molar-refractivity contribution < 1.29 is 4.79 Å². The Morgan fingerprint density at radius 3 is 2.69 bits per heavy atom. The minimum absolute atomic E-state index is 0.292. The van der Waals surface area contributed by atoms with Crippen LogP contribution in [0.25, 0.3) is 0 Å². The number of carbonyl (C=O) groups is 1. The van der Waals surface area contributed by atoms with E-state index in [1.807, 2.05) is 6.07 Å². The van der Waals surface area contributed by atoms with E-state index in [2.05, 4.69) is 4.98 Å². The molecular formula is C9H13N3O. The van der Waals surface area contributed by atoms with Gasteiger partial charge in [0.2, 0.25) is 5.91 Å². The maximum Gasteiger partial charge on any atom is 0.224 e. The first kappa shape index (κ1) is 9.67. The van der Waals surface area contributed by atoms with E-state index in [1.54, 1.807) is 19.2 Å². The summed E-state index contributed by atoms with van der Waals surface area (Å²) in [6, 6.07) is 3.62. The van der Waals surface area contributed by atoms with Crippen LogP contribution in [0.5, 0.6) is 0 Å². The monoisotopic (exact) mass is 179 g/mol. The molecule has 1 rings (SSSR count). The van der Waals surface area contributed by atoms with Crippen LogP contribution in [0.15, 0.2) is 18.3 Å². The lowest BCUT2D eigenvalue weighted by Gasteiger charge is -2.06. The van der Waals surface area contributed by atoms with Crippen LogP contribution in [-0.4, -0.2) is 10.9 Å². The van der Waals surface area contributed by atoms with Crippen molar-refractivity contribution in [3.8, 4) is 0 Å². The molecule has 0 aliphatic heterocycles. The summed E-state index contributed by atoms with van der Waals surface area (Å²) in [7, 11) is 0. The Labute approximate surface area is 77.0 Å². The molecular weight excluding hydrogens is 166 g/mol. The Kier molecular flexibility index (Phi) is 2.97. The Hall–Kier alpha value is -1.42. The molecule has 0 radical (unpaired) electrons. The Bertz CT molecular complexity index is 294. The molecule has 0 aromatic carbocycles. The lowest BCUT2D eigenvalue weighted by molar-refractivity contribution is -0.119. The van der Waals surface area contributed by atoms with Crippen LogP contribution in [-0.2, 0) is 11.3 Å². The van der Waals surface area contributed by atoms with Gasteiger partial charge >= 0.3 is 0 Å². The highest BCUT2D eigenvalue weighted by Gasteiger charge is 2.11. The van der Waals surface area contributed by atoms with Crippen LogP contribution in [0.3, 0.4) is 0 Å². The smallest absolute Gasteiger partial charge is 0.224 e. The van der Waals surface area contributed by atoms with Crippen LogP contribution >= 0.6 is 0 Å². The molecule has 0 saturated carbocycles. The van der Waals surface area contributed by atoms with Gasteiger partial charge in [0.05, 0.1) is 11.6 Å². The van der Waals surface area contributed by atoms with Crippen molar-refractivity contribution in [2.45, 2.75) is 19.4 Å². The first-order valence-corrected chi connectivity index (χ1v) is 4.09. The second-order valence-corrected chi connectivity index (χ2v) is 2.91. The van der Waals surface area contributed by atoms with Crippen LogP contribution in [0.1, 0.15) is 24.1 Å². The molecule has 4 heteroatoms. The molecule has 1 heterocycles. The fraction of sp³-hybridized carbons (Fsp3) is 0.333. The average molecular weight is 179 g/mol. The van der Waals surface area contributed by atoms with Crippen molar-refractivity contribution in [3.05, 3.63) is 29.6 Å². The van der Waals surface area contributed by atoms with Crippen molar-refractivity contribution >= 4 is 5.91 Å². The summed E-state index contributed by atoms with van der Waals surface area (Å²) in [5, 5.41) is 0. The lowest BCUT2D eigenvalue weighted by atomic mass is 10.0. The van der Waals surface area contributed by atoms with Crippen LogP contribution in [0, 0.1) is 0 Å². The number of primary amides is 1. The number of aromatic nitrogens is 1. The van der Waals surface area contributed by atoms with E-state index in [-0.39, 0.29) is 11.8 Å². The van der Waals surface area contributed by atoms with Crippen molar-refractivity contribution in [2.75, 3.05) is 0 Å². The molecule has 0 fully saturated rings. The Morgan fingerprint density at radius 1 is 1.62 bits per heavy atom. The third kappa shape index (κ3) is 2.26. The number of amides is 1. The van der Waals surface area contributed by atoms with Gasteiger partial charge in [0, 0.05) is 12.7 Å².